The largest absolute Gasteiger partial charge is 0.348 e. The van der Waals surface area contributed by atoms with Gasteiger partial charge in [-0.25, -0.2) is 9.97 Å². The number of rotatable bonds is 4. The van der Waals surface area contributed by atoms with Gasteiger partial charge < -0.3 is 10.2 Å². The van der Waals surface area contributed by atoms with Gasteiger partial charge in [-0.3, -0.25) is 9.59 Å². The predicted molar refractivity (Wildman–Crippen MR) is 97.1 cm³/mol. The summed E-state index contributed by atoms with van der Waals surface area (Å²) in [7, 11) is 0. The molecule has 0 radical (unpaired) electrons. The SMILES string of the molecule is O=C(CN1CCCC1=O)N[C@@H]1CCCc2nc(-c3ccccc3)ncc21. The minimum absolute atomic E-state index is 0.0695. The average Bonchev–Trinajstić information content (AvgIpc) is 3.07. The van der Waals surface area contributed by atoms with Crippen molar-refractivity contribution in [3.63, 3.8) is 0 Å². The summed E-state index contributed by atoms with van der Waals surface area (Å²) >= 11 is 0. The van der Waals surface area contributed by atoms with Crippen LogP contribution in [-0.2, 0) is 16.0 Å². The summed E-state index contributed by atoms with van der Waals surface area (Å²) in [5.74, 6) is 0.684. The van der Waals surface area contributed by atoms with E-state index in [0.717, 1.165) is 48.3 Å². The molecule has 0 unspecified atom stereocenters. The molecule has 134 valence electrons. The molecule has 0 saturated carbocycles. The predicted octanol–water partition coefficient (Wildman–Crippen LogP) is 2.26. The standard InChI is InChI=1S/C20H22N4O2/c25-18(13-24-11-5-10-19(24)26)22-16-8-4-9-17-15(16)12-21-20(23-17)14-6-2-1-3-7-14/h1-3,6-7,12,16H,4-5,8-11,13H2,(H,22,25)/t16-/m1/s1. The summed E-state index contributed by atoms with van der Waals surface area (Å²) in [5.41, 5.74) is 3.00. The molecule has 1 fully saturated rings. The first-order valence-corrected chi connectivity index (χ1v) is 9.19. The lowest BCUT2D eigenvalue weighted by molar-refractivity contribution is -0.133. The summed E-state index contributed by atoms with van der Waals surface area (Å²) in [6.07, 6.45) is 5.99. The summed E-state index contributed by atoms with van der Waals surface area (Å²) in [4.78, 5) is 34.9. The molecule has 1 aromatic heterocycles. The van der Waals surface area contributed by atoms with Crippen molar-refractivity contribution in [3.05, 3.63) is 47.8 Å². The van der Waals surface area contributed by atoms with Gasteiger partial charge in [-0.15, -0.1) is 0 Å². The third-order valence-electron chi connectivity index (χ3n) is 5.05. The number of hydrogen-bond acceptors (Lipinski definition) is 4. The van der Waals surface area contributed by atoms with Crippen molar-refractivity contribution in [1.82, 2.24) is 20.2 Å². The highest BCUT2D eigenvalue weighted by Gasteiger charge is 2.27. The van der Waals surface area contributed by atoms with Crippen LogP contribution in [0.1, 0.15) is 43.0 Å². The van der Waals surface area contributed by atoms with Gasteiger partial charge in [0.25, 0.3) is 0 Å². The zero-order valence-corrected chi connectivity index (χ0v) is 14.6. The molecule has 1 N–H and O–H groups in total. The van der Waals surface area contributed by atoms with Gasteiger partial charge in [-0.2, -0.15) is 0 Å². The molecule has 2 aromatic rings. The fourth-order valence-corrected chi connectivity index (χ4v) is 3.71. The van der Waals surface area contributed by atoms with Gasteiger partial charge >= 0.3 is 0 Å². The minimum atomic E-state index is -0.106. The highest BCUT2D eigenvalue weighted by Crippen LogP contribution is 2.29. The molecule has 4 rings (SSSR count). The zero-order valence-electron chi connectivity index (χ0n) is 14.6. The van der Waals surface area contributed by atoms with Crippen LogP contribution in [-0.4, -0.2) is 39.8 Å². The molecule has 1 atom stereocenters. The van der Waals surface area contributed by atoms with E-state index in [-0.39, 0.29) is 24.4 Å². The van der Waals surface area contributed by atoms with Gasteiger partial charge in [-0.05, 0) is 25.7 Å². The number of amides is 2. The van der Waals surface area contributed by atoms with Crippen LogP contribution in [0, 0.1) is 0 Å². The lowest BCUT2D eigenvalue weighted by Gasteiger charge is -2.26. The molecule has 2 heterocycles. The van der Waals surface area contributed by atoms with Crippen LogP contribution >= 0.6 is 0 Å². The number of likely N-dealkylation sites (tertiary alicyclic amines) is 1. The number of nitrogens with zero attached hydrogens (tertiary/aromatic N) is 3. The Bertz CT molecular complexity index is 822. The van der Waals surface area contributed by atoms with Crippen LogP contribution in [0.2, 0.25) is 0 Å². The Balaban J connectivity index is 1.48. The van der Waals surface area contributed by atoms with Crippen molar-refractivity contribution in [1.29, 1.82) is 0 Å². The van der Waals surface area contributed by atoms with Gasteiger partial charge in [0.1, 0.15) is 0 Å². The van der Waals surface area contributed by atoms with E-state index >= 15 is 0 Å². The zero-order chi connectivity index (χ0) is 17.9. The highest BCUT2D eigenvalue weighted by atomic mass is 16.2. The summed E-state index contributed by atoms with van der Waals surface area (Å²) in [6, 6.07) is 9.84. The maximum atomic E-state index is 12.4. The summed E-state index contributed by atoms with van der Waals surface area (Å²) in [5, 5.41) is 3.07. The third kappa shape index (κ3) is 3.45. The van der Waals surface area contributed by atoms with Crippen LogP contribution < -0.4 is 5.32 Å². The number of nitrogens with one attached hydrogen (secondary N) is 1. The van der Waals surface area contributed by atoms with E-state index < -0.39 is 0 Å². The van der Waals surface area contributed by atoms with Crippen molar-refractivity contribution in [2.75, 3.05) is 13.1 Å². The van der Waals surface area contributed by atoms with Gasteiger partial charge in [0, 0.05) is 36.0 Å². The van der Waals surface area contributed by atoms with Crippen LogP contribution in [0.15, 0.2) is 36.5 Å². The number of carbonyl (C=O) groups is 2. The van der Waals surface area contributed by atoms with Crippen molar-refractivity contribution in [2.24, 2.45) is 0 Å². The maximum Gasteiger partial charge on any atom is 0.240 e. The molecular formula is C20H22N4O2. The van der Waals surface area contributed by atoms with E-state index in [4.69, 9.17) is 4.98 Å². The molecule has 6 heteroatoms. The number of benzene rings is 1. The number of hydrogen-bond donors (Lipinski definition) is 1. The lowest BCUT2D eigenvalue weighted by atomic mass is 9.92. The first-order valence-electron chi connectivity index (χ1n) is 9.19. The van der Waals surface area contributed by atoms with Crippen LogP contribution in [0.3, 0.4) is 0 Å². The fourth-order valence-electron chi connectivity index (χ4n) is 3.71. The Kier molecular flexibility index (Phi) is 4.65. The average molecular weight is 350 g/mol. The van der Waals surface area contributed by atoms with E-state index in [2.05, 4.69) is 10.3 Å². The van der Waals surface area contributed by atoms with Crippen molar-refractivity contribution < 1.29 is 9.59 Å². The molecule has 1 aliphatic heterocycles. The normalized spacial score (nSPS) is 19.3. The van der Waals surface area contributed by atoms with Gasteiger partial charge in [0.05, 0.1) is 12.6 Å². The van der Waals surface area contributed by atoms with Crippen LogP contribution in [0.5, 0.6) is 0 Å². The fraction of sp³-hybridized carbons (Fsp3) is 0.400. The Hall–Kier alpha value is -2.76. The second kappa shape index (κ2) is 7.23. The molecule has 26 heavy (non-hydrogen) atoms. The minimum Gasteiger partial charge on any atom is -0.348 e. The Morgan fingerprint density at radius 3 is 2.81 bits per heavy atom. The number of carbonyl (C=O) groups excluding carboxylic acids is 2. The van der Waals surface area contributed by atoms with E-state index in [1.54, 1.807) is 4.90 Å². The summed E-state index contributed by atoms with van der Waals surface area (Å²) in [6.45, 7) is 0.824. The number of fused-ring (bicyclic) bond motifs is 1. The maximum absolute atomic E-state index is 12.4. The number of aryl methyl sites for hydroxylation is 1. The molecule has 1 aromatic carbocycles. The second-order valence-corrected chi connectivity index (χ2v) is 6.89. The Morgan fingerprint density at radius 2 is 2.04 bits per heavy atom. The van der Waals surface area contributed by atoms with E-state index in [9.17, 15) is 9.59 Å². The molecular weight excluding hydrogens is 328 g/mol. The molecule has 2 amide bonds. The third-order valence-corrected chi connectivity index (χ3v) is 5.05. The smallest absolute Gasteiger partial charge is 0.240 e. The second-order valence-electron chi connectivity index (χ2n) is 6.89. The number of aromatic nitrogens is 2. The van der Waals surface area contributed by atoms with Crippen molar-refractivity contribution in [2.45, 2.75) is 38.1 Å². The van der Waals surface area contributed by atoms with Gasteiger partial charge in [0.15, 0.2) is 5.82 Å². The molecule has 1 aliphatic carbocycles. The molecule has 2 aliphatic rings. The van der Waals surface area contributed by atoms with E-state index in [0.29, 0.717) is 13.0 Å². The first kappa shape index (κ1) is 16.7. The Labute approximate surface area is 152 Å². The van der Waals surface area contributed by atoms with Gasteiger partial charge in [-0.1, -0.05) is 30.3 Å². The highest BCUT2D eigenvalue weighted by molar-refractivity contribution is 5.86. The molecule has 0 bridgehead atoms. The monoisotopic (exact) mass is 350 g/mol. The Morgan fingerprint density at radius 1 is 1.19 bits per heavy atom. The van der Waals surface area contributed by atoms with Gasteiger partial charge in [0.2, 0.25) is 11.8 Å². The molecule has 1 saturated heterocycles. The molecule has 6 nitrogen and oxygen atoms in total. The first-order chi connectivity index (χ1) is 12.7. The molecule has 0 spiro atoms. The van der Waals surface area contributed by atoms with Crippen molar-refractivity contribution in [3.8, 4) is 11.4 Å². The lowest BCUT2D eigenvalue weighted by Crippen LogP contribution is -2.40. The summed E-state index contributed by atoms with van der Waals surface area (Å²) < 4.78 is 0. The van der Waals surface area contributed by atoms with Crippen LogP contribution in [0.4, 0.5) is 0 Å². The topological polar surface area (TPSA) is 75.2 Å². The van der Waals surface area contributed by atoms with Crippen molar-refractivity contribution >= 4 is 11.8 Å². The van der Waals surface area contributed by atoms with E-state index in [1.807, 2.05) is 36.5 Å². The van der Waals surface area contributed by atoms with E-state index in [1.165, 1.54) is 0 Å². The quantitative estimate of drug-likeness (QED) is 0.918. The van der Waals surface area contributed by atoms with Crippen LogP contribution in [0.25, 0.3) is 11.4 Å².